The molecular weight excluding hydrogens is 435 g/mol. The number of rotatable bonds is 6. The first-order valence-electron chi connectivity index (χ1n) is 9.99. The van der Waals surface area contributed by atoms with E-state index in [1.807, 2.05) is 12.1 Å². The summed E-state index contributed by atoms with van der Waals surface area (Å²) in [5.41, 5.74) is 2.13. The van der Waals surface area contributed by atoms with Crippen LogP contribution in [0.1, 0.15) is 27.2 Å². The molecule has 0 aliphatic rings. The molecule has 8 heteroatoms. The molecule has 2 N–H and O–H groups in total. The van der Waals surface area contributed by atoms with Crippen LogP contribution in [0.3, 0.4) is 0 Å². The van der Waals surface area contributed by atoms with Gasteiger partial charge in [0.15, 0.2) is 0 Å². The summed E-state index contributed by atoms with van der Waals surface area (Å²) in [7, 11) is 0. The normalized spacial score (nSPS) is 11.5. The summed E-state index contributed by atoms with van der Waals surface area (Å²) in [5, 5.41) is 11.8. The van der Waals surface area contributed by atoms with E-state index in [0.717, 1.165) is 28.6 Å². The Bertz CT molecular complexity index is 1340. The Kier molecular flexibility index (Phi) is 5.91. The van der Waals surface area contributed by atoms with Gasteiger partial charge >= 0.3 is 12.1 Å². The molecule has 4 rings (SSSR count). The molecule has 0 spiro atoms. The number of carbonyl (C=O) groups excluding carboxylic acids is 1. The van der Waals surface area contributed by atoms with Crippen LogP contribution in [0.15, 0.2) is 77.2 Å². The lowest BCUT2D eigenvalue weighted by atomic mass is 9.99. The van der Waals surface area contributed by atoms with Crippen molar-refractivity contribution in [3.63, 3.8) is 0 Å². The van der Waals surface area contributed by atoms with Gasteiger partial charge in [-0.05, 0) is 47.0 Å². The molecule has 0 radical (unpaired) electrons. The van der Waals surface area contributed by atoms with E-state index in [0.29, 0.717) is 22.5 Å². The number of halogens is 3. The summed E-state index contributed by atoms with van der Waals surface area (Å²) >= 11 is 0. The highest BCUT2D eigenvalue weighted by Crippen LogP contribution is 2.33. The van der Waals surface area contributed by atoms with Crippen LogP contribution in [-0.4, -0.2) is 23.5 Å². The lowest BCUT2D eigenvalue weighted by molar-refractivity contribution is -0.138. The fraction of sp³-hybridized carbons (Fsp3) is 0.120. The second kappa shape index (κ2) is 8.82. The highest BCUT2D eigenvalue weighted by atomic mass is 19.4. The second-order valence-corrected chi connectivity index (χ2v) is 7.46. The highest BCUT2D eigenvalue weighted by molar-refractivity contribution is 5.99. The molecular formula is C25H18F3NO4. The maximum absolute atomic E-state index is 13.0. The van der Waals surface area contributed by atoms with E-state index in [1.165, 1.54) is 6.07 Å². The van der Waals surface area contributed by atoms with Crippen molar-refractivity contribution in [1.82, 2.24) is 5.32 Å². The first-order valence-corrected chi connectivity index (χ1v) is 9.99. The number of carboxylic acids is 1. The van der Waals surface area contributed by atoms with Crippen molar-refractivity contribution < 1.29 is 32.3 Å². The number of hydrogen-bond donors (Lipinski definition) is 2. The van der Waals surface area contributed by atoms with Crippen LogP contribution in [0.2, 0.25) is 0 Å². The number of fused-ring (bicyclic) bond motifs is 1. The van der Waals surface area contributed by atoms with Crippen LogP contribution in [0.4, 0.5) is 13.2 Å². The van der Waals surface area contributed by atoms with Crippen molar-refractivity contribution in [3.8, 4) is 11.1 Å². The summed E-state index contributed by atoms with van der Waals surface area (Å²) in [4.78, 5) is 22.9. The average molecular weight is 453 g/mol. The van der Waals surface area contributed by atoms with Gasteiger partial charge in [0.25, 0.3) is 5.91 Å². The van der Waals surface area contributed by atoms with Gasteiger partial charge in [-0.25, -0.2) is 0 Å². The van der Waals surface area contributed by atoms with Gasteiger partial charge in [-0.3, -0.25) is 9.59 Å². The molecule has 0 fully saturated rings. The minimum absolute atomic E-state index is 0.190. The Labute approximate surface area is 186 Å². The van der Waals surface area contributed by atoms with Crippen LogP contribution >= 0.6 is 0 Å². The second-order valence-electron chi connectivity index (χ2n) is 7.46. The van der Waals surface area contributed by atoms with E-state index in [4.69, 9.17) is 9.52 Å². The van der Waals surface area contributed by atoms with E-state index in [1.54, 1.807) is 42.5 Å². The molecule has 0 aliphatic carbocycles. The number of carbonyl (C=O) groups is 2. The van der Waals surface area contributed by atoms with E-state index >= 15 is 0 Å². The molecule has 0 atom stereocenters. The van der Waals surface area contributed by atoms with E-state index < -0.39 is 30.2 Å². The van der Waals surface area contributed by atoms with Gasteiger partial charge in [0.05, 0.1) is 5.56 Å². The van der Waals surface area contributed by atoms with Crippen molar-refractivity contribution in [2.24, 2.45) is 0 Å². The molecule has 1 heterocycles. The summed E-state index contributed by atoms with van der Waals surface area (Å²) in [6.07, 6.45) is -4.23. The Hall–Kier alpha value is -4.07. The van der Waals surface area contributed by atoms with Gasteiger partial charge in [0, 0.05) is 17.4 Å². The zero-order valence-electron chi connectivity index (χ0n) is 17.1. The number of benzene rings is 3. The van der Waals surface area contributed by atoms with Crippen molar-refractivity contribution in [3.05, 3.63) is 95.2 Å². The van der Waals surface area contributed by atoms with Crippen LogP contribution in [0, 0.1) is 0 Å². The van der Waals surface area contributed by atoms with Gasteiger partial charge in [-0.2, -0.15) is 13.2 Å². The van der Waals surface area contributed by atoms with Crippen molar-refractivity contribution >= 4 is 22.8 Å². The van der Waals surface area contributed by atoms with Crippen LogP contribution < -0.4 is 5.32 Å². The third kappa shape index (κ3) is 5.06. The zero-order valence-corrected chi connectivity index (χ0v) is 17.1. The molecule has 5 nitrogen and oxygen atoms in total. The molecule has 3 aromatic carbocycles. The quantitative estimate of drug-likeness (QED) is 0.403. The monoisotopic (exact) mass is 453 g/mol. The Morgan fingerprint density at radius 3 is 2.45 bits per heavy atom. The lowest BCUT2D eigenvalue weighted by Gasteiger charge is -2.07. The predicted octanol–water partition coefficient (Wildman–Crippen LogP) is 5.52. The molecule has 0 saturated carbocycles. The third-order valence-corrected chi connectivity index (χ3v) is 5.08. The summed E-state index contributed by atoms with van der Waals surface area (Å²) in [6.45, 7) is -0.487. The number of nitrogens with one attached hydrogen (secondary N) is 1. The molecule has 168 valence electrons. The standard InChI is InChI=1S/C25H18F3NO4/c26-25(27,28)18-7-1-4-15(10-18)11-19-13-21-20(8-3-9-22(21)33-19)16-5-2-6-17(12-16)24(32)29-14-23(30)31/h1-10,12-13H,11,14H2,(H,29,32)(H,30,31). The molecule has 4 aromatic rings. The first kappa shape index (κ1) is 22.1. The Morgan fingerprint density at radius 2 is 1.70 bits per heavy atom. The van der Waals surface area contributed by atoms with E-state index in [9.17, 15) is 22.8 Å². The van der Waals surface area contributed by atoms with Gasteiger partial charge < -0.3 is 14.8 Å². The minimum atomic E-state index is -4.42. The third-order valence-electron chi connectivity index (χ3n) is 5.08. The Morgan fingerprint density at radius 1 is 0.939 bits per heavy atom. The largest absolute Gasteiger partial charge is 0.480 e. The van der Waals surface area contributed by atoms with Crippen LogP contribution in [0.5, 0.6) is 0 Å². The molecule has 0 aliphatic heterocycles. The molecule has 1 aromatic heterocycles. The van der Waals surface area contributed by atoms with Crippen molar-refractivity contribution in [2.45, 2.75) is 12.6 Å². The van der Waals surface area contributed by atoms with Gasteiger partial charge in [-0.1, -0.05) is 42.5 Å². The molecule has 0 saturated heterocycles. The number of carboxylic acid groups (broad SMARTS) is 1. The summed E-state index contributed by atoms with van der Waals surface area (Å²) in [5.74, 6) is -1.15. The molecule has 33 heavy (non-hydrogen) atoms. The maximum atomic E-state index is 13.0. The van der Waals surface area contributed by atoms with Gasteiger partial charge in [0.2, 0.25) is 0 Å². The lowest BCUT2D eigenvalue weighted by Crippen LogP contribution is -2.29. The SMILES string of the molecule is O=C(O)CNC(=O)c1cccc(-c2cccc3oc(Cc4cccc(C(F)(F)F)c4)cc23)c1. The van der Waals surface area contributed by atoms with Gasteiger partial charge in [0.1, 0.15) is 17.9 Å². The Balaban J connectivity index is 1.64. The van der Waals surface area contributed by atoms with Gasteiger partial charge in [-0.15, -0.1) is 0 Å². The molecule has 0 unspecified atom stereocenters. The maximum Gasteiger partial charge on any atom is 0.416 e. The summed E-state index contributed by atoms with van der Waals surface area (Å²) in [6, 6.07) is 19.0. The highest BCUT2D eigenvalue weighted by Gasteiger charge is 2.30. The zero-order chi connectivity index (χ0) is 23.6. The molecule has 0 bridgehead atoms. The number of amides is 1. The fourth-order valence-electron chi connectivity index (χ4n) is 3.60. The number of alkyl halides is 3. The van der Waals surface area contributed by atoms with Crippen LogP contribution in [0.25, 0.3) is 22.1 Å². The number of aliphatic carboxylic acids is 1. The fourth-order valence-corrected chi connectivity index (χ4v) is 3.60. The van der Waals surface area contributed by atoms with Crippen molar-refractivity contribution in [2.75, 3.05) is 6.54 Å². The van der Waals surface area contributed by atoms with E-state index in [-0.39, 0.29) is 6.42 Å². The summed E-state index contributed by atoms with van der Waals surface area (Å²) < 4.78 is 44.9. The molecule has 1 amide bonds. The van der Waals surface area contributed by atoms with E-state index in [2.05, 4.69) is 5.32 Å². The van der Waals surface area contributed by atoms with Crippen molar-refractivity contribution in [1.29, 1.82) is 0 Å². The minimum Gasteiger partial charge on any atom is -0.480 e. The predicted molar refractivity (Wildman–Crippen MR) is 116 cm³/mol. The topological polar surface area (TPSA) is 79.5 Å². The first-order chi connectivity index (χ1) is 15.7. The number of hydrogen-bond acceptors (Lipinski definition) is 3. The smallest absolute Gasteiger partial charge is 0.416 e. The van der Waals surface area contributed by atoms with Crippen LogP contribution in [-0.2, 0) is 17.4 Å². The number of furan rings is 1. The average Bonchev–Trinajstić information content (AvgIpc) is 3.19.